The lowest BCUT2D eigenvalue weighted by Crippen LogP contribution is -2.38. The van der Waals surface area contributed by atoms with Crippen LogP contribution in [0.25, 0.3) is 5.65 Å². The molecule has 2 aromatic carbocycles. The van der Waals surface area contributed by atoms with E-state index < -0.39 is 21.5 Å². The number of anilines is 2. The molecule has 2 aromatic heterocycles. The van der Waals surface area contributed by atoms with Crippen LogP contribution >= 0.6 is 0 Å². The van der Waals surface area contributed by atoms with Crippen molar-refractivity contribution in [2.45, 2.75) is 51.6 Å². The molecule has 0 spiro atoms. The second-order valence-corrected chi connectivity index (χ2v) is 13.6. The maximum atomic E-state index is 14.0. The number of nitrogens with one attached hydrogen (secondary N) is 2. The number of sulfonamides is 1. The molecule has 12 heteroatoms. The van der Waals surface area contributed by atoms with Crippen LogP contribution in [0.4, 0.5) is 11.5 Å². The summed E-state index contributed by atoms with van der Waals surface area (Å²) in [6.45, 7) is 6.62. The van der Waals surface area contributed by atoms with Crippen LogP contribution in [-0.4, -0.2) is 64.2 Å². The molecule has 2 aliphatic rings. The number of fused-ring (bicyclic) bond motifs is 2. The molecule has 0 unspecified atom stereocenters. The van der Waals surface area contributed by atoms with Crippen LogP contribution in [0.2, 0.25) is 0 Å². The molecule has 0 saturated carbocycles. The third-order valence-corrected chi connectivity index (χ3v) is 9.28. The average Bonchev–Trinajstić information content (AvgIpc) is 3.58. The van der Waals surface area contributed by atoms with Gasteiger partial charge >= 0.3 is 0 Å². The molecule has 2 amide bonds. The number of carbonyl (C=O) groups excluding carboxylic acids is 2. The summed E-state index contributed by atoms with van der Waals surface area (Å²) < 4.78 is 33.8. The lowest BCUT2D eigenvalue weighted by molar-refractivity contribution is 0.0712. The highest BCUT2D eigenvalue weighted by atomic mass is 32.2. The molecule has 6 rings (SSSR count). The smallest absolute Gasteiger partial charge is 0.270 e. The molecule has 0 aliphatic carbocycles. The second kappa shape index (κ2) is 11.0. The van der Waals surface area contributed by atoms with Gasteiger partial charge in [-0.2, -0.15) is 9.61 Å². The van der Waals surface area contributed by atoms with Gasteiger partial charge in [0.1, 0.15) is 28.3 Å². The molecule has 2 N–H and O–H groups in total. The number of nitrogens with zero attached hydrogens (tertiary/aromatic N) is 4. The van der Waals surface area contributed by atoms with Crippen molar-refractivity contribution in [3.63, 3.8) is 0 Å². The van der Waals surface area contributed by atoms with E-state index in [2.05, 4.69) is 27.5 Å². The number of aromatic nitrogens is 3. The summed E-state index contributed by atoms with van der Waals surface area (Å²) in [7, 11) is -3.81. The average molecular weight is 603 g/mol. The monoisotopic (exact) mass is 602 g/mol. The third-order valence-electron chi connectivity index (χ3n) is 8.03. The van der Waals surface area contributed by atoms with Crippen LogP contribution in [0.1, 0.15) is 71.4 Å². The predicted molar refractivity (Wildman–Crippen MR) is 162 cm³/mol. The highest BCUT2D eigenvalue weighted by Crippen LogP contribution is 2.42. The summed E-state index contributed by atoms with van der Waals surface area (Å²) in [6.07, 6.45) is 5.07. The van der Waals surface area contributed by atoms with Gasteiger partial charge in [0.25, 0.3) is 11.8 Å². The lowest BCUT2D eigenvalue weighted by atomic mass is 9.89. The van der Waals surface area contributed by atoms with Gasteiger partial charge in [0.05, 0.1) is 17.6 Å². The standard InChI is InChI=1S/C31H34N6O5S/c1-4-43(40,41)35-29(38)23-19-33-37-27(23)32-18-24(28(37)34-25-12-8-11-22-17-31(2,3)42-26(22)25)30(39)36-15-13-21(14-16-36)20-9-6-5-7-10-20/h5-12,18-19,21,34H,4,13-17H2,1-3H3,(H,35,38). The molecular weight excluding hydrogens is 568 g/mol. The molecule has 2 aliphatic heterocycles. The Morgan fingerprint density at radius 3 is 2.49 bits per heavy atom. The Bertz CT molecular complexity index is 1810. The van der Waals surface area contributed by atoms with Crippen molar-refractivity contribution in [3.8, 4) is 5.75 Å². The highest BCUT2D eigenvalue weighted by Gasteiger charge is 2.33. The van der Waals surface area contributed by atoms with Gasteiger partial charge in [-0.15, -0.1) is 0 Å². The predicted octanol–water partition coefficient (Wildman–Crippen LogP) is 4.29. The number of amides is 2. The van der Waals surface area contributed by atoms with Crippen LogP contribution in [0.5, 0.6) is 5.75 Å². The fraction of sp³-hybridized carbons (Fsp3) is 0.355. The number of para-hydroxylation sites is 1. The number of piperidine rings is 1. The minimum absolute atomic E-state index is 0.0292. The fourth-order valence-corrected chi connectivity index (χ4v) is 6.33. The third kappa shape index (κ3) is 5.66. The Balaban J connectivity index is 1.37. The summed E-state index contributed by atoms with van der Waals surface area (Å²) in [4.78, 5) is 33.2. The van der Waals surface area contributed by atoms with Gasteiger partial charge in [0.15, 0.2) is 5.65 Å². The van der Waals surface area contributed by atoms with Crippen molar-refractivity contribution >= 4 is 39.0 Å². The van der Waals surface area contributed by atoms with Crippen LogP contribution < -0.4 is 14.8 Å². The second-order valence-electron chi connectivity index (χ2n) is 11.6. The van der Waals surface area contributed by atoms with E-state index >= 15 is 0 Å². The van der Waals surface area contributed by atoms with E-state index in [9.17, 15) is 18.0 Å². The summed E-state index contributed by atoms with van der Waals surface area (Å²) in [5, 5.41) is 7.74. The van der Waals surface area contributed by atoms with Crippen LogP contribution in [-0.2, 0) is 16.4 Å². The Morgan fingerprint density at radius 1 is 1.02 bits per heavy atom. The summed E-state index contributed by atoms with van der Waals surface area (Å²) in [5.74, 6) is 0.0450. The Morgan fingerprint density at radius 2 is 1.77 bits per heavy atom. The molecule has 0 radical (unpaired) electrons. The largest absolute Gasteiger partial charge is 0.485 e. The zero-order valence-electron chi connectivity index (χ0n) is 24.3. The number of benzene rings is 2. The zero-order valence-corrected chi connectivity index (χ0v) is 25.1. The highest BCUT2D eigenvalue weighted by molar-refractivity contribution is 7.90. The summed E-state index contributed by atoms with van der Waals surface area (Å²) in [6, 6.07) is 16.1. The summed E-state index contributed by atoms with van der Waals surface area (Å²) in [5.41, 5.74) is 2.91. The van der Waals surface area contributed by atoms with Crippen LogP contribution in [0, 0.1) is 0 Å². The van der Waals surface area contributed by atoms with E-state index in [0.717, 1.165) is 24.8 Å². The number of likely N-dealkylation sites (tertiary alicyclic amines) is 1. The van der Waals surface area contributed by atoms with E-state index in [1.54, 1.807) is 0 Å². The van der Waals surface area contributed by atoms with Gasteiger partial charge in [0.2, 0.25) is 10.0 Å². The van der Waals surface area contributed by atoms with E-state index in [1.807, 2.05) is 59.9 Å². The first-order valence-corrected chi connectivity index (χ1v) is 16.0. The Hall–Kier alpha value is -4.45. The summed E-state index contributed by atoms with van der Waals surface area (Å²) >= 11 is 0. The molecule has 0 bridgehead atoms. The maximum Gasteiger partial charge on any atom is 0.270 e. The fourth-order valence-electron chi connectivity index (χ4n) is 5.79. The van der Waals surface area contributed by atoms with Crippen LogP contribution in [0.3, 0.4) is 0 Å². The topological polar surface area (TPSA) is 135 Å². The molecule has 1 saturated heterocycles. The minimum Gasteiger partial charge on any atom is -0.485 e. The van der Waals surface area contributed by atoms with Gasteiger partial charge < -0.3 is 15.0 Å². The molecular formula is C31H34N6O5S. The lowest BCUT2D eigenvalue weighted by Gasteiger charge is -2.32. The molecule has 4 heterocycles. The quantitative estimate of drug-likeness (QED) is 0.320. The number of ether oxygens (including phenoxy) is 1. The first kappa shape index (κ1) is 28.7. The van der Waals surface area contributed by atoms with E-state index in [1.165, 1.54) is 29.4 Å². The van der Waals surface area contributed by atoms with Gasteiger partial charge in [-0.3, -0.25) is 9.59 Å². The first-order valence-electron chi connectivity index (χ1n) is 14.4. The van der Waals surface area contributed by atoms with E-state index in [-0.39, 0.29) is 28.4 Å². The van der Waals surface area contributed by atoms with E-state index in [0.29, 0.717) is 36.3 Å². The molecule has 0 atom stereocenters. The molecule has 1 fully saturated rings. The van der Waals surface area contributed by atoms with Crippen molar-refractivity contribution in [2.24, 2.45) is 0 Å². The van der Waals surface area contributed by atoms with Crippen molar-refractivity contribution in [1.82, 2.24) is 24.2 Å². The normalized spacial score (nSPS) is 16.5. The zero-order chi connectivity index (χ0) is 30.4. The minimum atomic E-state index is -3.81. The van der Waals surface area contributed by atoms with Crippen molar-refractivity contribution in [3.05, 3.63) is 83.2 Å². The Kier molecular flexibility index (Phi) is 7.33. The maximum absolute atomic E-state index is 14.0. The molecule has 43 heavy (non-hydrogen) atoms. The Labute approximate surface area is 250 Å². The number of hydrogen-bond acceptors (Lipinski definition) is 8. The number of carbonyl (C=O) groups is 2. The number of hydrogen-bond donors (Lipinski definition) is 2. The van der Waals surface area contributed by atoms with Gasteiger partial charge in [-0.1, -0.05) is 42.5 Å². The van der Waals surface area contributed by atoms with Crippen molar-refractivity contribution in [1.29, 1.82) is 0 Å². The number of rotatable bonds is 7. The van der Waals surface area contributed by atoms with Crippen LogP contribution in [0.15, 0.2) is 60.9 Å². The van der Waals surface area contributed by atoms with E-state index in [4.69, 9.17) is 4.74 Å². The molecule has 4 aromatic rings. The van der Waals surface area contributed by atoms with Crippen molar-refractivity contribution in [2.75, 3.05) is 24.2 Å². The SMILES string of the molecule is CCS(=O)(=O)NC(=O)c1cnn2c(Nc3cccc4c3OC(C)(C)C4)c(C(=O)N3CCC(c4ccccc4)CC3)cnc12. The molecule has 224 valence electrons. The van der Waals surface area contributed by atoms with Crippen molar-refractivity contribution < 1.29 is 22.7 Å². The van der Waals surface area contributed by atoms with Gasteiger partial charge in [0, 0.05) is 31.3 Å². The van der Waals surface area contributed by atoms with Gasteiger partial charge in [-0.25, -0.2) is 18.1 Å². The first-order chi connectivity index (χ1) is 20.5. The van der Waals surface area contributed by atoms with Gasteiger partial charge in [-0.05, 0) is 51.2 Å². The molecule has 11 nitrogen and oxygen atoms in total.